The first kappa shape index (κ1) is 29.4. The van der Waals surface area contributed by atoms with Crippen molar-refractivity contribution in [1.82, 2.24) is 15.0 Å². The molecule has 0 atom stereocenters. The van der Waals surface area contributed by atoms with Crippen LogP contribution in [-0.4, -0.2) is 15.0 Å². The summed E-state index contributed by atoms with van der Waals surface area (Å²) < 4.78 is 1.21. The first-order valence-electron chi connectivity index (χ1n) is 17.1. The predicted octanol–water partition coefficient (Wildman–Crippen LogP) is 12.9. The number of hydrogen-bond donors (Lipinski definition) is 0. The van der Waals surface area contributed by atoms with Crippen molar-refractivity contribution in [2.75, 3.05) is 0 Å². The quantitative estimate of drug-likeness (QED) is 0.183. The van der Waals surface area contributed by atoms with Gasteiger partial charge in [-0.15, -0.1) is 11.3 Å². The zero-order chi connectivity index (χ0) is 33.7. The number of thiazole rings is 1. The van der Waals surface area contributed by atoms with Crippen LogP contribution in [0.15, 0.2) is 176 Å². The third-order valence-electron chi connectivity index (χ3n) is 9.72. The molecule has 0 amide bonds. The highest BCUT2D eigenvalue weighted by molar-refractivity contribution is 7.22. The Bertz CT molecular complexity index is 2910. The molecular weight excluding hydrogens is 639 g/mol. The van der Waals surface area contributed by atoms with Crippen molar-refractivity contribution in [3.8, 4) is 55.5 Å². The second kappa shape index (κ2) is 12.1. The number of aromatic nitrogens is 3. The number of rotatable bonds is 5. The number of fused-ring (bicyclic) bond motifs is 5. The lowest BCUT2D eigenvalue weighted by atomic mass is 9.85. The molecule has 0 aliphatic rings. The summed E-state index contributed by atoms with van der Waals surface area (Å²) in [7, 11) is 0. The first-order chi connectivity index (χ1) is 25.3. The van der Waals surface area contributed by atoms with Gasteiger partial charge in [0.2, 0.25) is 0 Å². The minimum Gasteiger partial charge on any atom is -0.236 e. The SMILES string of the molecule is c1ccc(-c2nc(-c3ccccc3-c3c(-c4cc5nc(-c6ccccc6)sc5c5ccccc45)ccc4ccccc34)c3ccccc3n2)cc1. The molecule has 4 heteroatoms. The highest BCUT2D eigenvalue weighted by Crippen LogP contribution is 2.47. The maximum atomic E-state index is 5.31. The maximum absolute atomic E-state index is 5.31. The van der Waals surface area contributed by atoms with Gasteiger partial charge in [0, 0.05) is 27.5 Å². The molecule has 0 aliphatic heterocycles. The fourth-order valence-corrected chi connectivity index (χ4v) is 8.46. The zero-order valence-electron chi connectivity index (χ0n) is 27.5. The Morgan fingerprint density at radius 3 is 1.80 bits per heavy atom. The standard InChI is InChI=1S/C47H29N3S/c1-3-16-31(17-4-1)46-48-41-26-14-13-25-39(41)44(50-46)37-23-11-10-22-35(37)43-33-20-8-7-15-30(33)27-28-36(43)40-29-42-45(38-24-12-9-21-34(38)40)51-47(49-42)32-18-5-2-6-19-32/h1-29H. The Labute approximate surface area is 299 Å². The largest absolute Gasteiger partial charge is 0.236 e. The van der Waals surface area contributed by atoms with E-state index in [2.05, 4.69) is 152 Å². The van der Waals surface area contributed by atoms with Crippen molar-refractivity contribution in [1.29, 1.82) is 0 Å². The number of hydrogen-bond acceptors (Lipinski definition) is 4. The second-order valence-electron chi connectivity index (χ2n) is 12.7. The van der Waals surface area contributed by atoms with Crippen molar-refractivity contribution in [2.24, 2.45) is 0 Å². The first-order valence-corrected chi connectivity index (χ1v) is 17.9. The Morgan fingerprint density at radius 2 is 1.00 bits per heavy atom. The Morgan fingerprint density at radius 1 is 0.373 bits per heavy atom. The van der Waals surface area contributed by atoms with Gasteiger partial charge in [-0.05, 0) is 50.5 Å². The van der Waals surface area contributed by atoms with E-state index in [1.165, 1.54) is 31.8 Å². The molecule has 0 spiro atoms. The van der Waals surface area contributed by atoms with E-state index >= 15 is 0 Å². The summed E-state index contributed by atoms with van der Waals surface area (Å²) in [5.74, 6) is 0.714. The van der Waals surface area contributed by atoms with E-state index in [1.54, 1.807) is 11.3 Å². The summed E-state index contributed by atoms with van der Waals surface area (Å²) in [6.45, 7) is 0. The molecule has 2 heterocycles. The molecule has 0 N–H and O–H groups in total. The summed E-state index contributed by atoms with van der Waals surface area (Å²) in [6, 6.07) is 62.1. The highest BCUT2D eigenvalue weighted by atomic mass is 32.1. The van der Waals surface area contributed by atoms with E-state index in [4.69, 9.17) is 15.0 Å². The smallest absolute Gasteiger partial charge is 0.160 e. The number of benzene rings is 8. The molecule has 0 bridgehead atoms. The van der Waals surface area contributed by atoms with Crippen molar-refractivity contribution < 1.29 is 0 Å². The molecule has 0 aliphatic carbocycles. The van der Waals surface area contributed by atoms with E-state index < -0.39 is 0 Å². The van der Waals surface area contributed by atoms with Crippen LogP contribution in [-0.2, 0) is 0 Å². The zero-order valence-corrected chi connectivity index (χ0v) is 28.3. The van der Waals surface area contributed by atoms with Gasteiger partial charge in [-0.1, -0.05) is 164 Å². The number of nitrogens with zero attached hydrogens (tertiary/aromatic N) is 3. The molecule has 0 saturated heterocycles. The van der Waals surface area contributed by atoms with E-state index in [0.717, 1.165) is 60.5 Å². The maximum Gasteiger partial charge on any atom is 0.160 e. The van der Waals surface area contributed by atoms with Crippen LogP contribution in [0.3, 0.4) is 0 Å². The van der Waals surface area contributed by atoms with Crippen molar-refractivity contribution in [3.63, 3.8) is 0 Å². The lowest BCUT2D eigenvalue weighted by Gasteiger charge is -2.19. The van der Waals surface area contributed by atoms with Crippen LogP contribution in [0.2, 0.25) is 0 Å². The number of para-hydroxylation sites is 1. The highest BCUT2D eigenvalue weighted by Gasteiger charge is 2.21. The minimum absolute atomic E-state index is 0.714. The van der Waals surface area contributed by atoms with Gasteiger partial charge in [0.15, 0.2) is 5.82 Å². The fraction of sp³-hybridized carbons (Fsp3) is 0. The molecule has 2 aromatic heterocycles. The Balaban J connectivity index is 1.28. The molecule has 0 unspecified atom stereocenters. The molecule has 10 rings (SSSR count). The van der Waals surface area contributed by atoms with Gasteiger partial charge in [0.25, 0.3) is 0 Å². The Hall–Kier alpha value is -6.49. The average Bonchev–Trinajstić information content (AvgIpc) is 3.65. The van der Waals surface area contributed by atoms with Crippen LogP contribution in [0, 0.1) is 0 Å². The van der Waals surface area contributed by atoms with Crippen molar-refractivity contribution in [2.45, 2.75) is 0 Å². The van der Waals surface area contributed by atoms with Gasteiger partial charge in [-0.2, -0.15) is 0 Å². The molecule has 0 radical (unpaired) electrons. The van der Waals surface area contributed by atoms with Crippen LogP contribution in [0.1, 0.15) is 0 Å². The molecule has 3 nitrogen and oxygen atoms in total. The third-order valence-corrected chi connectivity index (χ3v) is 10.9. The monoisotopic (exact) mass is 667 g/mol. The van der Waals surface area contributed by atoms with Crippen molar-refractivity contribution in [3.05, 3.63) is 176 Å². The van der Waals surface area contributed by atoms with Gasteiger partial charge in [0.1, 0.15) is 5.01 Å². The van der Waals surface area contributed by atoms with E-state index in [9.17, 15) is 0 Å². The summed E-state index contributed by atoms with van der Waals surface area (Å²) in [4.78, 5) is 15.6. The average molecular weight is 668 g/mol. The summed E-state index contributed by atoms with van der Waals surface area (Å²) >= 11 is 1.76. The molecule has 0 fully saturated rings. The molecule has 0 saturated carbocycles. The van der Waals surface area contributed by atoms with Crippen LogP contribution in [0.4, 0.5) is 0 Å². The second-order valence-corrected chi connectivity index (χ2v) is 13.7. The topological polar surface area (TPSA) is 38.7 Å². The lowest BCUT2D eigenvalue weighted by molar-refractivity contribution is 1.23. The van der Waals surface area contributed by atoms with E-state index in [0.29, 0.717) is 5.82 Å². The summed E-state index contributed by atoms with van der Waals surface area (Å²) in [5, 5.41) is 6.86. The molecule has 238 valence electrons. The fourth-order valence-electron chi connectivity index (χ4n) is 7.37. The summed E-state index contributed by atoms with van der Waals surface area (Å²) in [6.07, 6.45) is 0. The van der Waals surface area contributed by atoms with Crippen LogP contribution in [0.25, 0.3) is 98.1 Å². The van der Waals surface area contributed by atoms with Crippen molar-refractivity contribution >= 4 is 54.0 Å². The summed E-state index contributed by atoms with van der Waals surface area (Å²) in [5.41, 5.74) is 10.7. The van der Waals surface area contributed by atoms with Gasteiger partial charge < -0.3 is 0 Å². The van der Waals surface area contributed by atoms with Gasteiger partial charge >= 0.3 is 0 Å². The molecule has 8 aromatic carbocycles. The van der Waals surface area contributed by atoms with E-state index in [-0.39, 0.29) is 0 Å². The van der Waals surface area contributed by atoms with Gasteiger partial charge in [-0.25, -0.2) is 15.0 Å². The molecular formula is C47H29N3S. The van der Waals surface area contributed by atoms with Crippen LogP contribution < -0.4 is 0 Å². The molecule has 10 aromatic rings. The third kappa shape index (κ3) is 5.00. The van der Waals surface area contributed by atoms with Gasteiger partial charge in [-0.3, -0.25) is 0 Å². The van der Waals surface area contributed by atoms with Gasteiger partial charge in [0.05, 0.1) is 21.4 Å². The predicted molar refractivity (Wildman–Crippen MR) is 215 cm³/mol. The normalized spacial score (nSPS) is 11.5. The minimum atomic E-state index is 0.714. The van der Waals surface area contributed by atoms with Crippen LogP contribution in [0.5, 0.6) is 0 Å². The lowest BCUT2D eigenvalue weighted by Crippen LogP contribution is -1.97. The molecule has 51 heavy (non-hydrogen) atoms. The Kier molecular flexibility index (Phi) is 7.00. The van der Waals surface area contributed by atoms with E-state index in [1.807, 2.05) is 24.3 Å². The van der Waals surface area contributed by atoms with Crippen LogP contribution >= 0.6 is 11.3 Å².